The lowest BCUT2D eigenvalue weighted by molar-refractivity contribution is 0.1000. The van der Waals surface area contributed by atoms with Gasteiger partial charge in [-0.3, -0.25) is 4.79 Å². The standard InChI is InChI=1S/C23H23N7O2/c1-3-30-21(15(2)31)25-19-22(29-10-12-32-13-11-29)26-20(27-23(19)30)17-7-4-6-16(14-17)18-8-5-9-24-28-18/h4-9,14H,3,10-13H2,1-2H3. The third-order valence-corrected chi connectivity index (χ3v) is 5.51. The van der Waals surface area contributed by atoms with Gasteiger partial charge in [-0.25, -0.2) is 15.0 Å². The summed E-state index contributed by atoms with van der Waals surface area (Å²) < 4.78 is 7.38. The normalized spacial score (nSPS) is 14.1. The van der Waals surface area contributed by atoms with E-state index in [4.69, 9.17) is 14.7 Å². The topological polar surface area (TPSA) is 98.9 Å². The second-order valence-electron chi connectivity index (χ2n) is 7.57. The van der Waals surface area contributed by atoms with Gasteiger partial charge in [-0.1, -0.05) is 18.2 Å². The fourth-order valence-electron chi connectivity index (χ4n) is 3.95. The van der Waals surface area contributed by atoms with Crippen molar-refractivity contribution in [1.82, 2.24) is 29.7 Å². The highest BCUT2D eigenvalue weighted by molar-refractivity contribution is 5.96. The van der Waals surface area contributed by atoms with Crippen molar-refractivity contribution in [2.45, 2.75) is 20.4 Å². The molecule has 0 amide bonds. The molecular formula is C23H23N7O2. The van der Waals surface area contributed by atoms with Crippen molar-refractivity contribution < 1.29 is 9.53 Å². The highest BCUT2D eigenvalue weighted by atomic mass is 16.5. The van der Waals surface area contributed by atoms with Gasteiger partial charge >= 0.3 is 0 Å². The molecule has 1 saturated heterocycles. The maximum atomic E-state index is 12.3. The van der Waals surface area contributed by atoms with Gasteiger partial charge in [-0.05, 0) is 25.1 Å². The SMILES string of the molecule is CCn1c(C(C)=O)nc2c(N3CCOCC3)nc(-c3cccc(-c4cccnn4)c3)nc21. The predicted octanol–water partition coefficient (Wildman–Crippen LogP) is 3.01. The minimum atomic E-state index is -0.0935. The van der Waals surface area contributed by atoms with E-state index in [9.17, 15) is 4.79 Å². The molecule has 0 saturated carbocycles. The number of aromatic nitrogens is 6. The summed E-state index contributed by atoms with van der Waals surface area (Å²) in [6.07, 6.45) is 1.65. The van der Waals surface area contributed by atoms with E-state index in [0.29, 0.717) is 55.7 Å². The van der Waals surface area contributed by atoms with Gasteiger partial charge in [-0.2, -0.15) is 10.2 Å². The first-order chi connectivity index (χ1) is 15.7. The van der Waals surface area contributed by atoms with E-state index in [2.05, 4.69) is 20.1 Å². The molecule has 9 heteroatoms. The van der Waals surface area contributed by atoms with Crippen LogP contribution in [0.5, 0.6) is 0 Å². The molecule has 5 rings (SSSR count). The number of nitrogens with zero attached hydrogens (tertiary/aromatic N) is 7. The van der Waals surface area contributed by atoms with Crippen LogP contribution in [0.2, 0.25) is 0 Å². The summed E-state index contributed by atoms with van der Waals surface area (Å²) in [5, 5.41) is 8.19. The molecule has 4 heterocycles. The number of morpholine rings is 1. The zero-order chi connectivity index (χ0) is 22.1. The average molecular weight is 429 g/mol. The van der Waals surface area contributed by atoms with Gasteiger partial charge in [0, 0.05) is 43.9 Å². The molecule has 32 heavy (non-hydrogen) atoms. The van der Waals surface area contributed by atoms with Crippen LogP contribution >= 0.6 is 0 Å². The molecule has 0 bridgehead atoms. The number of hydrogen-bond donors (Lipinski definition) is 0. The second kappa shape index (κ2) is 8.43. The van der Waals surface area contributed by atoms with Crippen molar-refractivity contribution >= 4 is 22.8 Å². The lowest BCUT2D eigenvalue weighted by Gasteiger charge is -2.28. The van der Waals surface area contributed by atoms with E-state index in [1.54, 1.807) is 6.20 Å². The number of ether oxygens (including phenoxy) is 1. The summed E-state index contributed by atoms with van der Waals surface area (Å²) in [5.74, 6) is 1.61. The molecule has 1 aliphatic heterocycles. The minimum Gasteiger partial charge on any atom is -0.378 e. The van der Waals surface area contributed by atoms with Gasteiger partial charge in [0.25, 0.3) is 0 Å². The Kier molecular flexibility index (Phi) is 5.32. The molecule has 1 aromatic carbocycles. The highest BCUT2D eigenvalue weighted by Crippen LogP contribution is 2.30. The molecule has 0 atom stereocenters. The van der Waals surface area contributed by atoms with Crippen molar-refractivity contribution in [2.75, 3.05) is 31.2 Å². The minimum absolute atomic E-state index is 0.0935. The Bertz CT molecular complexity index is 1280. The van der Waals surface area contributed by atoms with E-state index in [0.717, 1.165) is 22.6 Å². The number of ketones is 1. The van der Waals surface area contributed by atoms with E-state index < -0.39 is 0 Å². The van der Waals surface area contributed by atoms with Gasteiger partial charge in [0.05, 0.1) is 18.9 Å². The van der Waals surface area contributed by atoms with Crippen LogP contribution in [0.25, 0.3) is 33.8 Å². The van der Waals surface area contributed by atoms with Gasteiger partial charge in [0.1, 0.15) is 0 Å². The third kappa shape index (κ3) is 3.60. The van der Waals surface area contributed by atoms with Crippen LogP contribution in [-0.4, -0.2) is 61.8 Å². The maximum Gasteiger partial charge on any atom is 0.195 e. The van der Waals surface area contributed by atoms with E-state index in [-0.39, 0.29) is 5.78 Å². The first kappa shape index (κ1) is 20.2. The molecule has 0 radical (unpaired) electrons. The van der Waals surface area contributed by atoms with Crippen molar-refractivity contribution in [3.05, 3.63) is 48.4 Å². The van der Waals surface area contributed by atoms with Crippen LogP contribution in [0.3, 0.4) is 0 Å². The number of imidazole rings is 1. The quantitative estimate of drug-likeness (QED) is 0.447. The molecule has 0 N–H and O–H groups in total. The summed E-state index contributed by atoms with van der Waals surface area (Å²) in [7, 11) is 0. The monoisotopic (exact) mass is 429 g/mol. The number of aryl methyl sites for hydroxylation is 1. The van der Waals surface area contributed by atoms with Crippen molar-refractivity contribution in [1.29, 1.82) is 0 Å². The Morgan fingerprint density at radius 3 is 2.59 bits per heavy atom. The second-order valence-corrected chi connectivity index (χ2v) is 7.57. The van der Waals surface area contributed by atoms with E-state index in [1.165, 1.54) is 6.92 Å². The van der Waals surface area contributed by atoms with Crippen LogP contribution in [0, 0.1) is 0 Å². The van der Waals surface area contributed by atoms with Gasteiger partial charge < -0.3 is 14.2 Å². The van der Waals surface area contributed by atoms with Gasteiger partial charge in [0.2, 0.25) is 0 Å². The number of hydrogen-bond acceptors (Lipinski definition) is 8. The number of carbonyl (C=O) groups excluding carboxylic acids is 1. The van der Waals surface area contributed by atoms with Crippen LogP contribution in [0.1, 0.15) is 24.5 Å². The number of carbonyl (C=O) groups is 1. The maximum absolute atomic E-state index is 12.3. The molecule has 4 aromatic rings. The number of Topliss-reactive ketones (excluding diaryl/α,β-unsaturated/α-hetero) is 1. The third-order valence-electron chi connectivity index (χ3n) is 5.51. The summed E-state index contributed by atoms with van der Waals surface area (Å²) in [5.41, 5.74) is 3.88. The summed E-state index contributed by atoms with van der Waals surface area (Å²) >= 11 is 0. The molecule has 1 fully saturated rings. The van der Waals surface area contributed by atoms with Gasteiger partial charge in [0.15, 0.2) is 34.4 Å². The zero-order valence-corrected chi connectivity index (χ0v) is 18.0. The fraction of sp³-hybridized carbons (Fsp3) is 0.304. The lowest BCUT2D eigenvalue weighted by Crippen LogP contribution is -2.37. The molecule has 3 aromatic heterocycles. The van der Waals surface area contributed by atoms with Crippen LogP contribution in [0.15, 0.2) is 42.6 Å². The number of fused-ring (bicyclic) bond motifs is 1. The van der Waals surface area contributed by atoms with Crippen molar-refractivity contribution in [2.24, 2.45) is 0 Å². The molecule has 9 nitrogen and oxygen atoms in total. The van der Waals surface area contributed by atoms with Crippen LogP contribution < -0.4 is 4.90 Å². The highest BCUT2D eigenvalue weighted by Gasteiger charge is 2.24. The smallest absolute Gasteiger partial charge is 0.195 e. The summed E-state index contributed by atoms with van der Waals surface area (Å²) in [6, 6.07) is 11.7. The van der Waals surface area contributed by atoms with E-state index >= 15 is 0 Å². The van der Waals surface area contributed by atoms with Crippen molar-refractivity contribution in [3.63, 3.8) is 0 Å². The molecule has 1 aliphatic rings. The lowest BCUT2D eigenvalue weighted by atomic mass is 10.1. The average Bonchev–Trinajstić information content (AvgIpc) is 3.23. The Morgan fingerprint density at radius 1 is 1.06 bits per heavy atom. The largest absolute Gasteiger partial charge is 0.378 e. The van der Waals surface area contributed by atoms with Crippen LogP contribution in [-0.2, 0) is 11.3 Å². The Labute approximate surface area is 185 Å². The molecule has 0 spiro atoms. The Hall–Kier alpha value is -3.72. The molecule has 0 unspecified atom stereocenters. The number of anilines is 1. The van der Waals surface area contributed by atoms with Crippen molar-refractivity contribution in [3.8, 4) is 22.6 Å². The number of rotatable bonds is 5. The Balaban J connectivity index is 1.71. The first-order valence-electron chi connectivity index (χ1n) is 10.7. The van der Waals surface area contributed by atoms with Crippen LogP contribution in [0.4, 0.5) is 5.82 Å². The molecule has 0 aliphatic carbocycles. The number of benzene rings is 1. The predicted molar refractivity (Wildman–Crippen MR) is 120 cm³/mol. The first-order valence-corrected chi connectivity index (χ1v) is 10.7. The summed E-state index contributed by atoms with van der Waals surface area (Å²) in [6.45, 7) is 6.76. The molecular weight excluding hydrogens is 406 g/mol. The zero-order valence-electron chi connectivity index (χ0n) is 18.0. The van der Waals surface area contributed by atoms with E-state index in [1.807, 2.05) is 47.9 Å². The Morgan fingerprint density at radius 2 is 1.88 bits per heavy atom. The van der Waals surface area contributed by atoms with Gasteiger partial charge in [-0.15, -0.1) is 0 Å². The summed E-state index contributed by atoms with van der Waals surface area (Å²) in [4.78, 5) is 28.8. The fourth-order valence-corrected chi connectivity index (χ4v) is 3.95. The molecule has 162 valence electrons.